The zero-order valence-corrected chi connectivity index (χ0v) is 82.3. The summed E-state index contributed by atoms with van der Waals surface area (Å²) < 4.78 is 90.5. The summed E-state index contributed by atoms with van der Waals surface area (Å²) in [5.41, 5.74) is 10.8. The van der Waals surface area contributed by atoms with Gasteiger partial charge in [-0.1, -0.05) is 157 Å². The first-order chi connectivity index (χ1) is 71.9. The molecule has 10 heterocycles. The molecule has 0 amide bonds. The lowest BCUT2D eigenvalue weighted by molar-refractivity contribution is -0.390. The summed E-state index contributed by atoms with van der Waals surface area (Å²) in [5, 5.41) is 49.8. The van der Waals surface area contributed by atoms with Gasteiger partial charge in [-0.15, -0.1) is 0 Å². The molecule has 10 aromatic heterocycles. The fraction of sp³-hybridized carbons (Fsp3) is 0.167. The van der Waals surface area contributed by atoms with Gasteiger partial charge in [0.15, 0.2) is 0 Å². The van der Waals surface area contributed by atoms with E-state index >= 15 is 0 Å². The van der Waals surface area contributed by atoms with E-state index in [2.05, 4.69) is 24.9 Å². The molecule has 0 atom stereocenters. The molecular weight excluding hydrogens is 1960 g/mol. The third-order valence-electron chi connectivity index (χ3n) is 22.3. The molecule has 0 saturated heterocycles. The van der Waals surface area contributed by atoms with E-state index in [1.807, 2.05) is 160 Å². The topological polar surface area (TPSA) is 500 Å². The van der Waals surface area contributed by atoms with E-state index in [0.29, 0.717) is 123 Å². The number of fused-ring (bicyclic) bond motifs is 5. The molecule has 0 bridgehead atoms. The number of hydrogen-bond acceptors (Lipinski definition) is 34. The Morgan fingerprint density at radius 1 is 0.300 bits per heavy atom. The molecule has 0 aliphatic carbocycles. The van der Waals surface area contributed by atoms with Crippen molar-refractivity contribution >= 4 is 119 Å². The van der Waals surface area contributed by atoms with E-state index in [9.17, 15) is 64.4 Å². The van der Waals surface area contributed by atoms with Crippen LogP contribution < -0.4 is 23.7 Å². The van der Waals surface area contributed by atoms with E-state index in [1.54, 1.807) is 160 Å². The molecule has 41 nitrogen and oxygen atoms in total. The van der Waals surface area contributed by atoms with Crippen LogP contribution in [0.25, 0.3) is 111 Å². The molecule has 764 valence electrons. The van der Waals surface area contributed by atoms with E-state index in [1.165, 1.54) is 54.9 Å². The van der Waals surface area contributed by atoms with Gasteiger partial charge >= 0.3 is 76.6 Å². The van der Waals surface area contributed by atoms with Gasteiger partial charge in [-0.25, -0.2) is 29.0 Å². The average Bonchev–Trinajstić information content (AvgIpc) is 1.63. The van der Waals surface area contributed by atoms with Gasteiger partial charge in [0.2, 0.25) is 25.3 Å². The van der Waals surface area contributed by atoms with Crippen molar-refractivity contribution in [2.75, 3.05) is 33.0 Å². The number of carbonyl (C=O) groups is 5. The number of nitro groups is 4. The number of imidazole rings is 4. The predicted octanol–water partition coefficient (Wildman–Crippen LogP) is 25.9. The number of carbonyl (C=O) groups excluding carboxylic acids is 5. The summed E-state index contributed by atoms with van der Waals surface area (Å²) in [4.78, 5) is 125. The average molecular weight is 2050 g/mol. The molecule has 0 unspecified atom stereocenters. The van der Waals surface area contributed by atoms with Crippen molar-refractivity contribution in [3.63, 3.8) is 0 Å². The van der Waals surface area contributed by atoms with Crippen molar-refractivity contribution < 1.29 is 113 Å². The number of nitrogens with zero attached hydrogens (tertiary/aromatic N) is 13. The summed E-state index contributed by atoms with van der Waals surface area (Å²) >= 11 is 1.40. The second kappa shape index (κ2) is 46.4. The summed E-state index contributed by atoms with van der Waals surface area (Å²) in [5.74, 6) is -0.442. The van der Waals surface area contributed by atoms with Gasteiger partial charge in [-0.2, -0.15) is 0 Å². The van der Waals surface area contributed by atoms with Crippen molar-refractivity contribution in [3.05, 3.63) is 346 Å². The maximum Gasteiger partial charge on any atom is 0.427 e. The molecule has 20 rings (SSSR count). The van der Waals surface area contributed by atoms with Gasteiger partial charge in [-0.3, -0.25) is 18.3 Å². The number of rotatable bonds is 29. The second-order valence-electron chi connectivity index (χ2n) is 32.5. The maximum atomic E-state index is 12.8. The Hall–Kier alpha value is -19.7. The van der Waals surface area contributed by atoms with Gasteiger partial charge in [0.05, 0.1) is 33.0 Å². The highest BCUT2D eigenvalue weighted by atomic mass is 32.1. The van der Waals surface area contributed by atoms with E-state index in [4.69, 9.17) is 69.5 Å². The Morgan fingerprint density at radius 2 is 0.547 bits per heavy atom. The lowest BCUT2D eigenvalue weighted by atomic mass is 10.0. The number of esters is 5. The van der Waals surface area contributed by atoms with Crippen LogP contribution in [0.15, 0.2) is 283 Å². The Bertz CT molecular complexity index is 8230. The summed E-state index contributed by atoms with van der Waals surface area (Å²) in [6, 6.07) is 66.2. The van der Waals surface area contributed by atoms with Gasteiger partial charge < -0.3 is 110 Å². The number of thiazole rings is 1. The molecular formula is C108H93N13O28S. The largest absolute Gasteiger partial charge is 0.462 e. The molecule has 0 fully saturated rings. The number of benzene rings is 10. The smallest absolute Gasteiger partial charge is 0.427 e. The molecule has 0 spiro atoms. The highest BCUT2D eigenvalue weighted by Gasteiger charge is 2.34. The minimum atomic E-state index is -0.622. The standard InChI is InChI=1S/3C22H19N3O6.C21H17N3O6.C20H15NO4S.CH4/c1-4-29-22(26)18-16-11-15(30-21-20(25(27)28)23-12-24(21)3)9-10-17(16)31-19(18)14-7-5-13(2)6-8-14;2*1-4-29-22(26)18-16-11-15(30-21-20(25(27)28)23-12-24(21)3)8-9-17(16)31-19(18)14-7-5-6-13(2)10-14;1-3-28-21(25)17-15-11-14(29-20-19(24(26)27)22-12-23(20)2)9-10-16(15)30-18(17)13-7-5-4-6-8-13;1-2-23-19(22)17-15-12-14(24-20-21-10-11-26-20)8-9-16(15)25-18(17)13-6-4-3-5-7-13;/h3*5-12H,4H2,1-3H3;4-12H,3H2,1-2H3;3-12H,2H2,1H3;1H4. The quantitative estimate of drug-likeness (QED) is 0.0182. The van der Waals surface area contributed by atoms with Crippen molar-refractivity contribution in [2.45, 2.75) is 62.8 Å². The van der Waals surface area contributed by atoms with Crippen LogP contribution >= 0.6 is 11.3 Å². The second-order valence-corrected chi connectivity index (χ2v) is 33.4. The van der Waals surface area contributed by atoms with E-state index in [0.717, 1.165) is 44.5 Å². The normalized spacial score (nSPS) is 10.8. The van der Waals surface area contributed by atoms with E-state index < -0.39 is 72.8 Å². The first kappa shape index (κ1) is 105. The maximum absolute atomic E-state index is 12.8. The summed E-state index contributed by atoms with van der Waals surface area (Å²) in [7, 11) is 6.35. The Kier molecular flexibility index (Phi) is 32.3. The van der Waals surface area contributed by atoms with E-state index in [-0.39, 0.29) is 86.2 Å². The molecule has 0 N–H and O–H groups in total. The van der Waals surface area contributed by atoms with Crippen molar-refractivity contribution in [2.24, 2.45) is 28.2 Å². The fourth-order valence-electron chi connectivity index (χ4n) is 15.6. The fourth-order valence-corrected chi connectivity index (χ4v) is 16.1. The highest BCUT2D eigenvalue weighted by Crippen LogP contribution is 2.46. The third-order valence-corrected chi connectivity index (χ3v) is 22.9. The van der Waals surface area contributed by atoms with Crippen molar-refractivity contribution in [3.8, 4) is 114 Å². The molecule has 0 aliphatic heterocycles. The first-order valence-corrected chi connectivity index (χ1v) is 46.7. The van der Waals surface area contributed by atoms with Crippen LogP contribution in [-0.2, 0) is 51.9 Å². The monoisotopic (exact) mass is 2050 g/mol. The highest BCUT2D eigenvalue weighted by molar-refractivity contribution is 7.11. The molecule has 20 aromatic rings. The SMILES string of the molecule is C.CCOC(=O)c1c(-c2ccc(C)cc2)oc2ccc(Oc3c([N+](=O)[O-])ncn3C)cc12.CCOC(=O)c1c(-c2cccc(C)c2)oc2ccc(Oc3c([N+](=O)[O-])ncn3C)cc12.CCOC(=O)c1c(-c2cccc(C)c2)oc2ccc(Oc3c([N+](=O)[O-])ncn3C)cc12.CCOC(=O)c1c(-c2ccccc2)oc2ccc(Oc3c([N+](=O)[O-])ncn3C)cc12.CCOC(=O)c1c(-c2ccccc2)oc2ccc(Oc3nccs3)cc12. The molecule has 0 aliphatic rings. The molecule has 10 aromatic carbocycles. The van der Waals surface area contributed by atoms with Crippen LogP contribution in [-0.4, -0.2) is 126 Å². The Morgan fingerprint density at radius 3 is 0.787 bits per heavy atom. The van der Waals surface area contributed by atoms with Gasteiger partial charge in [0.1, 0.15) is 113 Å². The molecule has 0 radical (unpaired) electrons. The molecule has 0 saturated carbocycles. The van der Waals surface area contributed by atoms with Gasteiger partial charge in [0, 0.05) is 94.5 Å². The minimum Gasteiger partial charge on any atom is -0.462 e. The van der Waals surface area contributed by atoms with Crippen LogP contribution in [0.2, 0.25) is 0 Å². The number of ether oxygens (including phenoxy) is 10. The van der Waals surface area contributed by atoms with Crippen LogP contribution in [0, 0.1) is 61.2 Å². The predicted molar refractivity (Wildman–Crippen MR) is 551 cm³/mol. The number of aromatic nitrogens is 9. The zero-order valence-electron chi connectivity index (χ0n) is 81.5. The van der Waals surface area contributed by atoms with Crippen molar-refractivity contribution in [1.29, 1.82) is 0 Å². The van der Waals surface area contributed by atoms with Gasteiger partial charge in [0.25, 0.3) is 5.19 Å². The summed E-state index contributed by atoms with van der Waals surface area (Å²) in [6.07, 6.45) is 6.85. The van der Waals surface area contributed by atoms with Crippen LogP contribution in [0.3, 0.4) is 0 Å². The zero-order chi connectivity index (χ0) is 106. The molecule has 150 heavy (non-hydrogen) atoms. The number of hydrogen-bond donors (Lipinski definition) is 0. The summed E-state index contributed by atoms with van der Waals surface area (Å²) in [6.45, 7) is 15.6. The third kappa shape index (κ3) is 22.9. The Labute approximate surface area is 855 Å². The lowest BCUT2D eigenvalue weighted by Crippen LogP contribution is -2.05. The minimum absolute atomic E-state index is 0. The first-order valence-electron chi connectivity index (χ1n) is 45.8. The lowest BCUT2D eigenvalue weighted by Gasteiger charge is -2.06. The van der Waals surface area contributed by atoms with Gasteiger partial charge in [-0.05, 0) is 198 Å². The van der Waals surface area contributed by atoms with Crippen LogP contribution in [0.5, 0.6) is 57.5 Å². The van der Waals surface area contributed by atoms with Crippen molar-refractivity contribution in [1.82, 2.24) is 43.2 Å². The van der Waals surface area contributed by atoms with Crippen LogP contribution in [0.4, 0.5) is 23.3 Å². The van der Waals surface area contributed by atoms with Crippen LogP contribution in [0.1, 0.15) is 111 Å². The Balaban J connectivity index is 0.000000140. The molecule has 42 heteroatoms. The number of aryl methyl sites for hydroxylation is 7. The number of furan rings is 5.